The number of rotatable bonds is 7. The summed E-state index contributed by atoms with van der Waals surface area (Å²) < 4.78 is 2.17. The Morgan fingerprint density at radius 2 is 1.12 bits per heavy atom. The summed E-state index contributed by atoms with van der Waals surface area (Å²) in [5, 5.41) is 2.35. The van der Waals surface area contributed by atoms with Gasteiger partial charge in [-0.1, -0.05) is 110 Å². The van der Waals surface area contributed by atoms with Gasteiger partial charge in [0.25, 0.3) is 0 Å². The highest BCUT2D eigenvalue weighted by atomic mass is 15.0. The van der Waals surface area contributed by atoms with Crippen molar-refractivity contribution in [1.82, 2.24) is 14.4 Å². The molecule has 0 bridgehead atoms. The molecular formula is C46H35N3. The molecule has 8 rings (SSSR count). The van der Waals surface area contributed by atoms with Crippen LogP contribution in [0.4, 0.5) is 0 Å². The quantitative estimate of drug-likeness (QED) is 0.176. The number of hydrogen-bond donors (Lipinski definition) is 0. The number of imidazole rings is 1. The Morgan fingerprint density at radius 3 is 1.84 bits per heavy atom. The average Bonchev–Trinajstić information content (AvgIpc) is 3.54. The molecule has 0 aliphatic heterocycles. The zero-order valence-corrected chi connectivity index (χ0v) is 27.7. The highest BCUT2D eigenvalue weighted by Crippen LogP contribution is 2.40. The van der Waals surface area contributed by atoms with E-state index in [9.17, 15) is 0 Å². The fraction of sp³-hybridized carbons (Fsp3) is 0.0435. The normalized spacial score (nSPS) is 11.2. The molecule has 0 saturated carbocycles. The van der Waals surface area contributed by atoms with Gasteiger partial charge in [0.05, 0.1) is 11.4 Å². The maximum Gasteiger partial charge on any atom is 0.137 e. The molecule has 0 aliphatic carbocycles. The number of aryl methyl sites for hydroxylation is 2. The van der Waals surface area contributed by atoms with Gasteiger partial charge in [-0.15, -0.1) is 0 Å². The van der Waals surface area contributed by atoms with Crippen LogP contribution in [0.1, 0.15) is 22.5 Å². The van der Waals surface area contributed by atoms with E-state index in [1.165, 1.54) is 10.8 Å². The van der Waals surface area contributed by atoms with Crippen LogP contribution in [0, 0.1) is 13.8 Å². The fourth-order valence-electron chi connectivity index (χ4n) is 7.06. The van der Waals surface area contributed by atoms with E-state index in [0.717, 1.165) is 84.1 Å². The molecule has 5 aromatic carbocycles. The first-order valence-corrected chi connectivity index (χ1v) is 16.6. The molecule has 0 N–H and O–H groups in total. The molecule has 0 radical (unpaired) electrons. The van der Waals surface area contributed by atoms with Crippen molar-refractivity contribution in [3.8, 4) is 55.9 Å². The second kappa shape index (κ2) is 12.4. The van der Waals surface area contributed by atoms with Crippen LogP contribution < -0.4 is 0 Å². The van der Waals surface area contributed by atoms with Crippen molar-refractivity contribution in [3.63, 3.8) is 0 Å². The summed E-state index contributed by atoms with van der Waals surface area (Å²) in [5.41, 5.74) is 16.2. The van der Waals surface area contributed by atoms with Gasteiger partial charge in [0.1, 0.15) is 5.65 Å². The summed E-state index contributed by atoms with van der Waals surface area (Å²) in [6.45, 7) is 12.4. The molecule has 0 amide bonds. The summed E-state index contributed by atoms with van der Waals surface area (Å²) in [6, 6.07) is 47.5. The van der Waals surface area contributed by atoms with Crippen molar-refractivity contribution in [2.75, 3.05) is 0 Å². The Kier molecular flexibility index (Phi) is 7.58. The van der Waals surface area contributed by atoms with Gasteiger partial charge >= 0.3 is 0 Å². The van der Waals surface area contributed by atoms with Gasteiger partial charge in [0.2, 0.25) is 0 Å². The van der Waals surface area contributed by atoms with E-state index in [-0.39, 0.29) is 0 Å². The minimum atomic E-state index is 0.925. The smallest absolute Gasteiger partial charge is 0.137 e. The molecule has 49 heavy (non-hydrogen) atoms. The largest absolute Gasteiger partial charge is 0.299 e. The maximum atomic E-state index is 5.09. The third-order valence-corrected chi connectivity index (χ3v) is 9.27. The molecule has 3 heteroatoms. The zero-order chi connectivity index (χ0) is 33.5. The van der Waals surface area contributed by atoms with Crippen LogP contribution in [0.5, 0.6) is 0 Å². The van der Waals surface area contributed by atoms with Gasteiger partial charge in [-0.25, -0.2) is 4.98 Å². The van der Waals surface area contributed by atoms with Gasteiger partial charge in [0.15, 0.2) is 0 Å². The lowest BCUT2D eigenvalue weighted by Gasteiger charge is -2.16. The second-order valence-electron chi connectivity index (χ2n) is 12.5. The van der Waals surface area contributed by atoms with Crippen LogP contribution >= 0.6 is 0 Å². The third kappa shape index (κ3) is 5.46. The Bertz CT molecular complexity index is 2520. The van der Waals surface area contributed by atoms with E-state index in [2.05, 4.69) is 164 Å². The Hall–Kier alpha value is -6.32. The third-order valence-electron chi connectivity index (χ3n) is 9.27. The summed E-state index contributed by atoms with van der Waals surface area (Å²) in [6.07, 6.45) is 5.94. The number of nitrogens with zero attached hydrogens (tertiary/aromatic N) is 3. The first kappa shape index (κ1) is 30.0. The standard InChI is InChI=1S/C46H35N3/c1-5-32-29-43(42-17-11-10-16-41(42)40(32)6-2)39-27-37(26-38(28-39)36-24-30(3)47-31(4)25-36)33-19-21-34(22-20-33)45-46(35-14-8-7-9-15-35)49-23-13-12-18-44(49)48-45/h5-29H,1-2H2,3-4H3. The highest BCUT2D eigenvalue weighted by molar-refractivity contribution is 6.04. The van der Waals surface area contributed by atoms with Gasteiger partial charge in [-0.2, -0.15) is 0 Å². The molecule has 0 saturated heterocycles. The van der Waals surface area contributed by atoms with E-state index in [1.807, 2.05) is 24.3 Å². The van der Waals surface area contributed by atoms with E-state index in [4.69, 9.17) is 4.98 Å². The molecule has 3 nitrogen and oxygen atoms in total. The lowest BCUT2D eigenvalue weighted by Crippen LogP contribution is -1.93. The number of benzene rings is 5. The van der Waals surface area contributed by atoms with Crippen molar-refractivity contribution < 1.29 is 0 Å². The summed E-state index contributed by atoms with van der Waals surface area (Å²) >= 11 is 0. The average molecular weight is 630 g/mol. The first-order chi connectivity index (χ1) is 24.0. The number of aromatic nitrogens is 3. The topological polar surface area (TPSA) is 30.2 Å². The number of pyridine rings is 2. The first-order valence-electron chi connectivity index (χ1n) is 16.6. The van der Waals surface area contributed by atoms with Crippen molar-refractivity contribution in [2.45, 2.75) is 13.8 Å². The predicted octanol–water partition coefficient (Wildman–Crippen LogP) is 12.1. The molecule has 3 aromatic heterocycles. The molecule has 234 valence electrons. The van der Waals surface area contributed by atoms with E-state index in [0.29, 0.717) is 0 Å². The molecule has 3 heterocycles. The van der Waals surface area contributed by atoms with Crippen LogP contribution in [0.15, 0.2) is 153 Å². The van der Waals surface area contributed by atoms with Gasteiger partial charge in [-0.3, -0.25) is 9.38 Å². The van der Waals surface area contributed by atoms with E-state index >= 15 is 0 Å². The van der Waals surface area contributed by atoms with Crippen LogP contribution in [-0.2, 0) is 0 Å². The SMILES string of the molecule is C=Cc1cc(-c2cc(-c3ccc(-c4nc5ccccn5c4-c4ccccc4)cc3)cc(-c3cc(C)nc(C)c3)c2)c2ccccc2c1C=C. The van der Waals surface area contributed by atoms with Crippen LogP contribution in [0.3, 0.4) is 0 Å². The second-order valence-corrected chi connectivity index (χ2v) is 12.5. The van der Waals surface area contributed by atoms with Gasteiger partial charge in [-0.05, 0) is 118 Å². The minimum absolute atomic E-state index is 0.925. The lowest BCUT2D eigenvalue weighted by molar-refractivity contribution is 1.12. The monoisotopic (exact) mass is 629 g/mol. The van der Waals surface area contributed by atoms with Gasteiger partial charge < -0.3 is 0 Å². The fourth-order valence-corrected chi connectivity index (χ4v) is 7.06. The Balaban J connectivity index is 1.31. The molecule has 0 atom stereocenters. The molecule has 0 fully saturated rings. The molecule has 0 aliphatic rings. The molecular weight excluding hydrogens is 595 g/mol. The van der Waals surface area contributed by atoms with Crippen LogP contribution in [0.2, 0.25) is 0 Å². The molecule has 8 aromatic rings. The van der Waals surface area contributed by atoms with E-state index < -0.39 is 0 Å². The predicted molar refractivity (Wildman–Crippen MR) is 207 cm³/mol. The number of fused-ring (bicyclic) bond motifs is 2. The Labute approximate surface area is 287 Å². The van der Waals surface area contributed by atoms with Crippen molar-refractivity contribution in [2.24, 2.45) is 0 Å². The molecule has 0 unspecified atom stereocenters. The summed E-state index contributed by atoms with van der Waals surface area (Å²) in [7, 11) is 0. The van der Waals surface area contributed by atoms with Crippen molar-refractivity contribution in [1.29, 1.82) is 0 Å². The zero-order valence-electron chi connectivity index (χ0n) is 27.7. The number of hydrogen-bond acceptors (Lipinski definition) is 2. The van der Waals surface area contributed by atoms with Crippen molar-refractivity contribution >= 4 is 28.6 Å². The van der Waals surface area contributed by atoms with Crippen molar-refractivity contribution in [3.05, 3.63) is 175 Å². The summed E-state index contributed by atoms with van der Waals surface area (Å²) in [5.74, 6) is 0. The van der Waals surface area contributed by atoms with Gasteiger partial charge in [0, 0.05) is 28.7 Å². The Morgan fingerprint density at radius 1 is 0.510 bits per heavy atom. The van der Waals surface area contributed by atoms with Crippen LogP contribution in [0.25, 0.3) is 84.5 Å². The van der Waals surface area contributed by atoms with E-state index in [1.54, 1.807) is 0 Å². The lowest BCUT2D eigenvalue weighted by atomic mass is 9.88. The molecule has 0 spiro atoms. The maximum absolute atomic E-state index is 5.09. The van der Waals surface area contributed by atoms with Crippen LogP contribution in [-0.4, -0.2) is 14.4 Å². The highest BCUT2D eigenvalue weighted by Gasteiger charge is 2.17. The summed E-state index contributed by atoms with van der Waals surface area (Å²) in [4.78, 5) is 9.75. The minimum Gasteiger partial charge on any atom is -0.299 e.